The second-order valence-electron chi connectivity index (χ2n) is 4.71. The van der Waals surface area contributed by atoms with E-state index in [1.54, 1.807) is 0 Å². The molecule has 0 unspecified atom stereocenters. The lowest BCUT2D eigenvalue weighted by molar-refractivity contribution is 0.0858. The van der Waals surface area contributed by atoms with Gasteiger partial charge in [-0.2, -0.15) is 0 Å². The molecule has 0 aromatic rings. The molecule has 0 radical (unpaired) electrons. The predicted octanol–water partition coefficient (Wildman–Crippen LogP) is 2.42. The van der Waals surface area contributed by atoms with E-state index in [2.05, 4.69) is 4.90 Å². The van der Waals surface area contributed by atoms with Gasteiger partial charge in [0.2, 0.25) is 0 Å². The van der Waals surface area contributed by atoms with E-state index in [0.717, 1.165) is 28.8 Å². The van der Waals surface area contributed by atoms with Crippen molar-refractivity contribution in [3.05, 3.63) is 0 Å². The molecule has 1 saturated carbocycles. The van der Waals surface area contributed by atoms with E-state index in [1.807, 2.05) is 11.8 Å². The van der Waals surface area contributed by atoms with Crippen molar-refractivity contribution in [1.29, 1.82) is 0 Å². The summed E-state index contributed by atoms with van der Waals surface area (Å²) >= 11 is 7.39. The molecule has 4 heteroatoms. The third-order valence-electron chi connectivity index (χ3n) is 3.73. The zero-order chi connectivity index (χ0) is 10.3. The lowest BCUT2D eigenvalue weighted by Gasteiger charge is -2.27. The molecule has 0 amide bonds. The van der Waals surface area contributed by atoms with Crippen LogP contribution in [0.5, 0.6) is 0 Å². The molecular weight excluding hydrogens is 226 g/mol. The minimum atomic E-state index is 0.447. The van der Waals surface area contributed by atoms with E-state index in [-0.39, 0.29) is 0 Å². The molecule has 84 valence electrons. The summed E-state index contributed by atoms with van der Waals surface area (Å²) in [6, 6.07) is 0.728. The average molecular weight is 243 g/mol. The summed E-state index contributed by atoms with van der Waals surface area (Å²) in [7, 11) is 0. The Hall–Kier alpha value is 0.200. The van der Waals surface area contributed by atoms with Gasteiger partial charge in [-0.25, -0.2) is 0 Å². The van der Waals surface area contributed by atoms with Crippen molar-refractivity contribution in [1.82, 2.24) is 4.90 Å². The summed E-state index contributed by atoms with van der Waals surface area (Å²) in [6.45, 7) is 2.00. The molecule has 3 aliphatic rings. The van der Waals surface area contributed by atoms with Gasteiger partial charge in [-0.15, -0.1) is 0 Å². The second-order valence-corrected chi connectivity index (χ2v) is 6.58. The first-order valence-corrected chi connectivity index (χ1v) is 7.22. The number of thiocarbonyl (C=S) groups is 1. The van der Waals surface area contributed by atoms with Gasteiger partial charge in [-0.1, -0.05) is 30.4 Å². The van der Waals surface area contributed by atoms with Crippen LogP contribution in [0.2, 0.25) is 0 Å². The molecule has 0 aromatic carbocycles. The standard InChI is InChI=1S/C11H17NOS2/c14-11-12(7-8-3-2-6-13-8)9-4-1-5-10(9)15-11/h8-10H,1-7H2/t8-,9+,10-/m1/s1. The number of fused-ring (bicyclic) bond motifs is 1. The zero-order valence-electron chi connectivity index (χ0n) is 8.85. The van der Waals surface area contributed by atoms with Crippen LogP contribution in [0.4, 0.5) is 0 Å². The molecular formula is C11H17NOS2. The summed E-state index contributed by atoms with van der Waals surface area (Å²) in [5, 5.41) is 0.791. The van der Waals surface area contributed by atoms with Crippen molar-refractivity contribution in [3.63, 3.8) is 0 Å². The van der Waals surface area contributed by atoms with E-state index < -0.39 is 0 Å². The van der Waals surface area contributed by atoms with Gasteiger partial charge in [0.25, 0.3) is 0 Å². The number of nitrogens with zero attached hydrogens (tertiary/aromatic N) is 1. The predicted molar refractivity (Wildman–Crippen MR) is 67.3 cm³/mol. The van der Waals surface area contributed by atoms with Crippen LogP contribution in [0.1, 0.15) is 32.1 Å². The van der Waals surface area contributed by atoms with Gasteiger partial charge >= 0.3 is 0 Å². The van der Waals surface area contributed by atoms with Gasteiger partial charge in [-0.3, -0.25) is 0 Å². The van der Waals surface area contributed by atoms with Crippen LogP contribution in [0.15, 0.2) is 0 Å². The summed E-state index contributed by atoms with van der Waals surface area (Å²) in [6.07, 6.45) is 6.98. The molecule has 3 atom stereocenters. The van der Waals surface area contributed by atoms with Crippen LogP contribution in [-0.4, -0.2) is 39.8 Å². The Morgan fingerprint density at radius 3 is 3.07 bits per heavy atom. The van der Waals surface area contributed by atoms with Crippen molar-refractivity contribution in [2.24, 2.45) is 0 Å². The quantitative estimate of drug-likeness (QED) is 0.690. The molecule has 2 saturated heterocycles. The smallest absolute Gasteiger partial charge is 0.137 e. The van der Waals surface area contributed by atoms with Gasteiger partial charge in [0.15, 0.2) is 0 Å². The SMILES string of the molecule is S=C1S[C@@H]2CCC[C@@H]2N1C[C@H]1CCCO1. The first kappa shape index (κ1) is 10.4. The largest absolute Gasteiger partial charge is 0.376 e. The van der Waals surface area contributed by atoms with E-state index in [9.17, 15) is 0 Å². The number of hydrogen-bond acceptors (Lipinski definition) is 3. The highest BCUT2D eigenvalue weighted by Gasteiger charge is 2.42. The maximum atomic E-state index is 5.70. The Balaban J connectivity index is 1.65. The third kappa shape index (κ3) is 1.92. The Labute approximate surface area is 101 Å². The van der Waals surface area contributed by atoms with Gasteiger partial charge in [0.05, 0.1) is 6.10 Å². The van der Waals surface area contributed by atoms with Crippen molar-refractivity contribution in [2.45, 2.75) is 49.5 Å². The van der Waals surface area contributed by atoms with Crippen molar-refractivity contribution in [3.8, 4) is 0 Å². The van der Waals surface area contributed by atoms with Crippen molar-refractivity contribution < 1.29 is 4.74 Å². The lowest BCUT2D eigenvalue weighted by Crippen LogP contribution is -2.39. The molecule has 0 N–H and O–H groups in total. The number of ether oxygens (including phenoxy) is 1. The van der Waals surface area contributed by atoms with E-state index >= 15 is 0 Å². The molecule has 1 aliphatic carbocycles. The fourth-order valence-corrected chi connectivity index (χ4v) is 4.86. The Bertz CT molecular complexity index is 265. The van der Waals surface area contributed by atoms with Crippen molar-refractivity contribution >= 4 is 28.3 Å². The zero-order valence-corrected chi connectivity index (χ0v) is 10.5. The van der Waals surface area contributed by atoms with Gasteiger partial charge in [-0.05, 0) is 25.7 Å². The van der Waals surface area contributed by atoms with E-state index in [4.69, 9.17) is 17.0 Å². The van der Waals surface area contributed by atoms with Crippen LogP contribution >= 0.6 is 24.0 Å². The molecule has 3 rings (SSSR count). The van der Waals surface area contributed by atoms with E-state index in [0.29, 0.717) is 6.10 Å². The molecule has 2 nitrogen and oxygen atoms in total. The van der Waals surface area contributed by atoms with Crippen molar-refractivity contribution in [2.75, 3.05) is 13.2 Å². The third-order valence-corrected chi connectivity index (χ3v) is 5.54. The maximum Gasteiger partial charge on any atom is 0.137 e. The normalized spacial score (nSPS) is 40.1. The highest BCUT2D eigenvalue weighted by Crippen LogP contribution is 2.42. The average Bonchev–Trinajstić information content (AvgIpc) is 2.86. The fourth-order valence-electron chi connectivity index (χ4n) is 2.95. The van der Waals surface area contributed by atoms with Gasteiger partial charge in [0.1, 0.15) is 4.32 Å². The Kier molecular flexibility index (Phi) is 2.92. The summed E-state index contributed by atoms with van der Waals surface area (Å²) < 4.78 is 6.83. The molecule has 0 bridgehead atoms. The van der Waals surface area contributed by atoms with E-state index in [1.165, 1.54) is 32.1 Å². The Morgan fingerprint density at radius 1 is 1.33 bits per heavy atom. The summed E-state index contributed by atoms with van der Waals surface area (Å²) in [4.78, 5) is 2.45. The highest BCUT2D eigenvalue weighted by molar-refractivity contribution is 8.23. The minimum absolute atomic E-state index is 0.447. The van der Waals surface area contributed by atoms with Crippen LogP contribution in [0.25, 0.3) is 0 Å². The highest BCUT2D eigenvalue weighted by atomic mass is 32.2. The molecule has 2 aliphatic heterocycles. The molecule has 0 aromatic heterocycles. The molecule has 3 fully saturated rings. The first-order chi connectivity index (χ1) is 7.34. The second kappa shape index (κ2) is 4.22. The first-order valence-electron chi connectivity index (χ1n) is 5.93. The fraction of sp³-hybridized carbons (Fsp3) is 0.909. The summed E-state index contributed by atoms with van der Waals surface area (Å²) in [5.74, 6) is 0. The van der Waals surface area contributed by atoms with Gasteiger partial charge < -0.3 is 9.64 Å². The number of hydrogen-bond donors (Lipinski definition) is 0. The molecule has 15 heavy (non-hydrogen) atoms. The van der Waals surface area contributed by atoms with Gasteiger partial charge in [0, 0.05) is 24.4 Å². The van der Waals surface area contributed by atoms with Crippen LogP contribution in [-0.2, 0) is 4.74 Å². The minimum Gasteiger partial charge on any atom is -0.376 e. The molecule has 2 heterocycles. The van der Waals surface area contributed by atoms with Crippen LogP contribution in [0, 0.1) is 0 Å². The summed E-state index contributed by atoms with van der Waals surface area (Å²) in [5.41, 5.74) is 0. The Morgan fingerprint density at radius 2 is 2.27 bits per heavy atom. The topological polar surface area (TPSA) is 12.5 Å². The molecule has 0 spiro atoms. The maximum absolute atomic E-state index is 5.70. The lowest BCUT2D eigenvalue weighted by atomic mass is 10.2. The number of rotatable bonds is 2. The van der Waals surface area contributed by atoms with Crippen LogP contribution in [0.3, 0.4) is 0 Å². The number of thioether (sulfide) groups is 1. The van der Waals surface area contributed by atoms with Crippen LogP contribution < -0.4 is 0 Å². The monoisotopic (exact) mass is 243 g/mol.